The largest absolute Gasteiger partial charge is 0.473 e. The Morgan fingerprint density at radius 1 is 1.08 bits per heavy atom. The molecule has 0 saturated carbocycles. The summed E-state index contributed by atoms with van der Waals surface area (Å²) in [5, 5.41) is 2.52. The van der Waals surface area contributed by atoms with Gasteiger partial charge in [-0.05, 0) is 31.2 Å². The molecular formula is C17H21NO7. The van der Waals surface area contributed by atoms with Crippen LogP contribution in [-0.4, -0.2) is 45.0 Å². The van der Waals surface area contributed by atoms with Crippen molar-refractivity contribution in [2.24, 2.45) is 0 Å². The summed E-state index contributed by atoms with van der Waals surface area (Å²) in [4.78, 5) is 34.4. The second-order valence-corrected chi connectivity index (χ2v) is 4.89. The number of methoxy groups -OCH3 is 1. The van der Waals surface area contributed by atoms with Crippen molar-refractivity contribution in [3.8, 4) is 0 Å². The van der Waals surface area contributed by atoms with Crippen molar-refractivity contribution >= 4 is 23.5 Å². The second-order valence-electron chi connectivity index (χ2n) is 4.89. The summed E-state index contributed by atoms with van der Waals surface area (Å²) < 4.78 is 19.5. The lowest BCUT2D eigenvalue weighted by Gasteiger charge is -2.08. The minimum absolute atomic E-state index is 0.0485. The van der Waals surface area contributed by atoms with Gasteiger partial charge in [-0.2, -0.15) is 0 Å². The van der Waals surface area contributed by atoms with E-state index in [2.05, 4.69) is 16.6 Å². The molecule has 1 rings (SSSR count). The molecule has 0 spiro atoms. The predicted octanol–water partition coefficient (Wildman–Crippen LogP) is 1.87. The van der Waals surface area contributed by atoms with Gasteiger partial charge >= 0.3 is 11.9 Å². The van der Waals surface area contributed by atoms with Crippen molar-refractivity contribution in [1.29, 1.82) is 0 Å². The van der Waals surface area contributed by atoms with Crippen molar-refractivity contribution in [3.05, 3.63) is 42.2 Å². The highest BCUT2D eigenvalue weighted by atomic mass is 16.7. The Labute approximate surface area is 145 Å². The van der Waals surface area contributed by atoms with Crippen LogP contribution in [0.1, 0.15) is 23.7 Å². The number of hydrogen-bond acceptors (Lipinski definition) is 7. The van der Waals surface area contributed by atoms with E-state index in [1.54, 1.807) is 6.92 Å². The molecule has 0 atom stereocenters. The summed E-state index contributed by atoms with van der Waals surface area (Å²) in [6.07, 6.45) is -0.380. The van der Waals surface area contributed by atoms with Gasteiger partial charge in [0.25, 0.3) is 0 Å². The van der Waals surface area contributed by atoms with E-state index in [9.17, 15) is 14.4 Å². The first-order valence-electron chi connectivity index (χ1n) is 7.42. The van der Waals surface area contributed by atoms with Gasteiger partial charge in [0.05, 0.1) is 25.0 Å². The Hall–Kier alpha value is -2.87. The number of carbonyl (C=O) groups is 3. The van der Waals surface area contributed by atoms with E-state index >= 15 is 0 Å². The van der Waals surface area contributed by atoms with Crippen LogP contribution in [-0.2, 0) is 28.5 Å². The minimum atomic E-state index is -0.631. The lowest BCUT2D eigenvalue weighted by atomic mass is 10.2. The number of anilines is 1. The van der Waals surface area contributed by atoms with Gasteiger partial charge in [-0.3, -0.25) is 9.59 Å². The fraction of sp³-hybridized carbons (Fsp3) is 0.353. The molecule has 0 unspecified atom stereocenters. The molecule has 0 aliphatic rings. The van der Waals surface area contributed by atoms with E-state index in [0.717, 1.165) is 0 Å². The second kappa shape index (κ2) is 10.8. The number of carbonyl (C=O) groups excluding carboxylic acids is 3. The van der Waals surface area contributed by atoms with E-state index in [-0.39, 0.29) is 26.4 Å². The van der Waals surface area contributed by atoms with Crippen LogP contribution in [0.25, 0.3) is 0 Å². The molecule has 1 aromatic rings. The number of allylic oxidation sites excluding steroid dienone is 1. The van der Waals surface area contributed by atoms with Crippen LogP contribution in [0.15, 0.2) is 36.6 Å². The highest BCUT2D eigenvalue weighted by Crippen LogP contribution is 2.11. The maximum absolute atomic E-state index is 11.8. The molecule has 0 heterocycles. The number of ether oxygens (including phenoxy) is 4. The standard InChI is InChI=1S/C17H21NO7/c1-12(2)25-11-23-8-9-24-17(21)13-4-6-14(7-5-13)18-15(19)10-16(20)22-3/h4-7H,1,8-11H2,2-3H3,(H,18,19). The third-order valence-corrected chi connectivity index (χ3v) is 2.79. The molecule has 1 amide bonds. The van der Waals surface area contributed by atoms with Crippen LogP contribution in [0.2, 0.25) is 0 Å². The number of hydrogen-bond donors (Lipinski definition) is 1. The topological polar surface area (TPSA) is 100 Å². The highest BCUT2D eigenvalue weighted by molar-refractivity contribution is 6.02. The molecule has 1 N–H and O–H groups in total. The first kappa shape index (κ1) is 20.2. The zero-order valence-electron chi connectivity index (χ0n) is 14.2. The predicted molar refractivity (Wildman–Crippen MR) is 88.7 cm³/mol. The average molecular weight is 351 g/mol. The van der Waals surface area contributed by atoms with Gasteiger partial charge in [0.1, 0.15) is 13.0 Å². The molecular weight excluding hydrogens is 330 g/mol. The molecule has 0 aliphatic heterocycles. The Balaban J connectivity index is 2.35. The van der Waals surface area contributed by atoms with Crippen LogP contribution >= 0.6 is 0 Å². The van der Waals surface area contributed by atoms with Gasteiger partial charge in [-0.1, -0.05) is 6.58 Å². The summed E-state index contributed by atoms with van der Waals surface area (Å²) >= 11 is 0. The van der Waals surface area contributed by atoms with Crippen molar-refractivity contribution in [2.45, 2.75) is 13.3 Å². The lowest BCUT2D eigenvalue weighted by Crippen LogP contribution is -2.17. The van der Waals surface area contributed by atoms with Crippen molar-refractivity contribution in [2.75, 3.05) is 32.4 Å². The van der Waals surface area contributed by atoms with Gasteiger partial charge in [0.2, 0.25) is 5.91 Å². The van der Waals surface area contributed by atoms with E-state index in [1.807, 2.05) is 0 Å². The summed E-state index contributed by atoms with van der Waals surface area (Å²) in [6, 6.07) is 6.06. The molecule has 0 saturated heterocycles. The van der Waals surface area contributed by atoms with E-state index in [1.165, 1.54) is 31.4 Å². The van der Waals surface area contributed by atoms with Crippen LogP contribution in [0.5, 0.6) is 0 Å². The maximum Gasteiger partial charge on any atom is 0.338 e. The molecule has 25 heavy (non-hydrogen) atoms. The molecule has 0 radical (unpaired) electrons. The third-order valence-electron chi connectivity index (χ3n) is 2.79. The average Bonchev–Trinajstić information content (AvgIpc) is 2.57. The molecule has 136 valence electrons. The van der Waals surface area contributed by atoms with Gasteiger partial charge in [0.15, 0.2) is 6.79 Å². The first-order chi connectivity index (χ1) is 11.9. The van der Waals surface area contributed by atoms with Crippen LogP contribution < -0.4 is 5.32 Å². The van der Waals surface area contributed by atoms with Crippen LogP contribution in [0.3, 0.4) is 0 Å². The molecule has 0 aliphatic carbocycles. The molecule has 8 nitrogen and oxygen atoms in total. The monoisotopic (exact) mass is 351 g/mol. The number of nitrogens with one attached hydrogen (secondary N) is 1. The van der Waals surface area contributed by atoms with Gasteiger partial charge < -0.3 is 24.3 Å². The fourth-order valence-corrected chi connectivity index (χ4v) is 1.58. The SMILES string of the molecule is C=C(C)OCOCCOC(=O)c1ccc(NC(=O)CC(=O)OC)cc1. The van der Waals surface area contributed by atoms with Gasteiger partial charge in [-0.25, -0.2) is 4.79 Å². The molecule has 0 bridgehead atoms. The molecule has 0 aromatic heterocycles. The molecule has 0 fully saturated rings. The van der Waals surface area contributed by atoms with Gasteiger partial charge in [-0.15, -0.1) is 0 Å². The van der Waals surface area contributed by atoms with Crippen molar-refractivity contribution in [3.63, 3.8) is 0 Å². The highest BCUT2D eigenvalue weighted by Gasteiger charge is 2.11. The number of rotatable bonds is 10. The molecule has 8 heteroatoms. The Morgan fingerprint density at radius 3 is 2.36 bits per heavy atom. The third kappa shape index (κ3) is 8.52. The Morgan fingerprint density at radius 2 is 1.76 bits per heavy atom. The normalized spacial score (nSPS) is 9.84. The van der Waals surface area contributed by atoms with E-state index in [4.69, 9.17) is 14.2 Å². The summed E-state index contributed by atoms with van der Waals surface area (Å²) in [6.45, 7) is 5.57. The van der Waals surface area contributed by atoms with Crippen molar-refractivity contribution < 1.29 is 33.3 Å². The molecule has 1 aromatic carbocycles. The zero-order valence-corrected chi connectivity index (χ0v) is 14.2. The van der Waals surface area contributed by atoms with Crippen LogP contribution in [0.4, 0.5) is 5.69 Å². The Kier molecular flexibility index (Phi) is 8.73. The zero-order chi connectivity index (χ0) is 18.7. The van der Waals surface area contributed by atoms with Crippen molar-refractivity contribution in [1.82, 2.24) is 0 Å². The summed E-state index contributed by atoms with van der Waals surface area (Å²) in [7, 11) is 1.20. The van der Waals surface area contributed by atoms with E-state index in [0.29, 0.717) is 17.0 Å². The summed E-state index contributed by atoms with van der Waals surface area (Å²) in [5.41, 5.74) is 0.773. The summed E-state index contributed by atoms with van der Waals surface area (Å²) in [5.74, 6) is -1.11. The number of esters is 2. The van der Waals surface area contributed by atoms with E-state index < -0.39 is 17.8 Å². The Bertz CT molecular complexity index is 610. The number of amides is 1. The maximum atomic E-state index is 11.8. The fourth-order valence-electron chi connectivity index (χ4n) is 1.58. The smallest absolute Gasteiger partial charge is 0.338 e. The first-order valence-corrected chi connectivity index (χ1v) is 7.42. The number of benzene rings is 1. The van der Waals surface area contributed by atoms with Crippen LogP contribution in [0, 0.1) is 0 Å². The quantitative estimate of drug-likeness (QED) is 0.226. The lowest BCUT2D eigenvalue weighted by molar-refractivity contribution is -0.142. The van der Waals surface area contributed by atoms with Gasteiger partial charge in [0, 0.05) is 5.69 Å². The minimum Gasteiger partial charge on any atom is -0.473 e.